The summed E-state index contributed by atoms with van der Waals surface area (Å²) in [5.41, 5.74) is 0. The first-order valence-corrected chi connectivity index (χ1v) is 5.77. The van der Waals surface area contributed by atoms with Gasteiger partial charge >= 0.3 is 0 Å². The Bertz CT molecular complexity index is 56.9. The Morgan fingerprint density at radius 2 is 1.50 bits per heavy atom. The van der Waals surface area contributed by atoms with E-state index in [0.29, 0.717) is 0 Å². The largest absolute Gasteiger partial charge is 0.329 e. The summed E-state index contributed by atoms with van der Waals surface area (Å²) < 4.78 is 9.39. The van der Waals surface area contributed by atoms with Crippen molar-refractivity contribution < 1.29 is 31.4 Å². The summed E-state index contributed by atoms with van der Waals surface area (Å²) in [6.45, 7) is 0. The smallest absolute Gasteiger partial charge is 0.281 e. The van der Waals surface area contributed by atoms with E-state index in [9.17, 15) is 4.57 Å². The van der Waals surface area contributed by atoms with Crippen LogP contribution in [0.25, 0.3) is 0 Å². The van der Waals surface area contributed by atoms with Crippen LogP contribution < -0.4 is 0 Å². The van der Waals surface area contributed by atoms with Crippen LogP contribution in [0.15, 0.2) is 0 Å². The molecule has 0 rings (SSSR count). The van der Waals surface area contributed by atoms with Gasteiger partial charge in [0.15, 0.2) is 0 Å². The maximum Gasteiger partial charge on any atom is 0.281 e. The molecule has 0 bridgehead atoms. The average molecular weight is 168 g/mol. The standard InChI is InChI=1S/Fe.H5O3PSi/c;1-4(2,3)5/h;5H3,(H2,1,2,3). The van der Waals surface area contributed by atoms with E-state index in [1.165, 1.54) is 0 Å². The van der Waals surface area contributed by atoms with Crippen molar-refractivity contribution in [1.29, 1.82) is 0 Å². The van der Waals surface area contributed by atoms with Gasteiger partial charge in [-0.25, -0.2) is 0 Å². The van der Waals surface area contributed by atoms with Crippen molar-refractivity contribution in [2.45, 2.75) is 0 Å². The Balaban J connectivity index is 0. The molecular weight excluding hydrogens is 163 g/mol. The average Bonchev–Trinajstić information content (AvgIpc) is 0.722. The molecule has 0 amide bonds. The molecule has 0 fully saturated rings. The van der Waals surface area contributed by atoms with E-state index in [-0.39, 0.29) is 27.0 Å². The second kappa shape index (κ2) is 2.96. The van der Waals surface area contributed by atoms with Gasteiger partial charge in [-0.3, -0.25) is 4.57 Å². The molecule has 2 N–H and O–H groups in total. The minimum absolute atomic E-state index is 0. The first-order chi connectivity index (χ1) is 2.00. The Hall–Kier alpha value is 0.886. The molecule has 0 atom stereocenters. The number of hydrogen-bond donors (Lipinski definition) is 2. The Labute approximate surface area is 49.0 Å². The van der Waals surface area contributed by atoms with Crippen LogP contribution in [0.4, 0.5) is 0 Å². The molecule has 0 aromatic carbocycles. The van der Waals surface area contributed by atoms with Gasteiger partial charge in [-0.15, -0.1) is 0 Å². The van der Waals surface area contributed by atoms with Gasteiger partial charge in [0, 0.05) is 17.1 Å². The van der Waals surface area contributed by atoms with Crippen molar-refractivity contribution in [2.75, 3.05) is 0 Å². The van der Waals surface area contributed by atoms with E-state index in [4.69, 9.17) is 9.79 Å². The van der Waals surface area contributed by atoms with Gasteiger partial charge in [-0.1, -0.05) is 0 Å². The predicted molar refractivity (Wildman–Crippen MR) is 22.0 cm³/mol. The van der Waals surface area contributed by atoms with Crippen LogP contribution in [0.5, 0.6) is 0 Å². The van der Waals surface area contributed by atoms with Gasteiger partial charge in [0.05, 0.1) is 0 Å². The molecule has 3 nitrogen and oxygen atoms in total. The van der Waals surface area contributed by atoms with Crippen LogP contribution >= 0.6 is 7.14 Å². The van der Waals surface area contributed by atoms with Crippen LogP contribution in [-0.4, -0.2) is 19.7 Å². The first kappa shape index (κ1) is 9.99. The minimum Gasteiger partial charge on any atom is -0.329 e. The molecule has 6 heteroatoms. The molecule has 0 aliphatic rings. The van der Waals surface area contributed by atoms with E-state index in [0.717, 1.165) is 0 Å². The number of hydrogen-bond acceptors (Lipinski definition) is 1. The van der Waals surface area contributed by atoms with Crippen molar-refractivity contribution in [3.63, 3.8) is 0 Å². The van der Waals surface area contributed by atoms with Crippen LogP contribution in [0.3, 0.4) is 0 Å². The quantitative estimate of drug-likeness (QED) is 0.339. The third kappa shape index (κ3) is 93.9. The summed E-state index contributed by atoms with van der Waals surface area (Å²) in [5.74, 6) is 0. The van der Waals surface area contributed by atoms with E-state index in [1.807, 2.05) is 0 Å². The Morgan fingerprint density at radius 1 is 1.50 bits per heavy atom. The molecule has 0 spiro atoms. The summed E-state index contributed by atoms with van der Waals surface area (Å²) >= 11 is 0. The molecule has 0 aliphatic heterocycles. The van der Waals surface area contributed by atoms with E-state index >= 15 is 0 Å². The Kier molecular flexibility index (Phi) is 4.94. The van der Waals surface area contributed by atoms with Gasteiger partial charge in [0.2, 0.25) is 0 Å². The van der Waals surface area contributed by atoms with Crippen molar-refractivity contribution in [3.8, 4) is 0 Å². The zero-order valence-corrected chi connectivity index (χ0v) is 7.10. The van der Waals surface area contributed by atoms with Crippen LogP contribution in [0, 0.1) is 0 Å². The third-order valence-electron chi connectivity index (χ3n) is 0. The van der Waals surface area contributed by atoms with Gasteiger partial charge in [-0.05, 0) is 0 Å². The maximum atomic E-state index is 9.39. The maximum absolute atomic E-state index is 9.39. The monoisotopic (exact) mass is 168 g/mol. The molecule has 0 aliphatic carbocycles. The fourth-order valence-electron chi connectivity index (χ4n) is 0. The van der Waals surface area contributed by atoms with Crippen LogP contribution in [-0.2, 0) is 21.6 Å². The van der Waals surface area contributed by atoms with Crippen molar-refractivity contribution in [1.82, 2.24) is 0 Å². The molecule has 0 radical (unpaired) electrons. The second-order valence-electron chi connectivity index (χ2n) is 0.835. The van der Waals surface area contributed by atoms with Gasteiger partial charge < -0.3 is 9.79 Å². The second-order valence-corrected chi connectivity index (χ2v) is 6.00. The normalized spacial score (nSPS) is 10.3. The van der Waals surface area contributed by atoms with Crippen molar-refractivity contribution in [3.05, 3.63) is 0 Å². The van der Waals surface area contributed by atoms with Crippen LogP contribution in [0.2, 0.25) is 0 Å². The zero-order chi connectivity index (χ0) is 4.50. The van der Waals surface area contributed by atoms with E-state index < -0.39 is 7.14 Å². The third-order valence-corrected chi connectivity index (χ3v) is 0. The molecule has 0 saturated heterocycles. The van der Waals surface area contributed by atoms with Gasteiger partial charge in [0.25, 0.3) is 7.14 Å². The van der Waals surface area contributed by atoms with Crippen LogP contribution in [0.1, 0.15) is 0 Å². The molecule has 40 valence electrons. The zero-order valence-electron chi connectivity index (χ0n) is 3.10. The topological polar surface area (TPSA) is 57.5 Å². The van der Waals surface area contributed by atoms with E-state index in [1.54, 1.807) is 0 Å². The minimum atomic E-state index is -3.50. The molecule has 0 heterocycles. The SMILES string of the molecule is O=P(O)(O)[SiH3].[Fe]. The first-order valence-electron chi connectivity index (χ1n) is 1.03. The molecule has 0 aromatic heterocycles. The summed E-state index contributed by atoms with van der Waals surface area (Å²) in [7, 11) is -3.53. The molecule has 0 aromatic rings. The van der Waals surface area contributed by atoms with Crippen molar-refractivity contribution >= 4 is 17.1 Å². The van der Waals surface area contributed by atoms with E-state index in [2.05, 4.69) is 0 Å². The number of rotatable bonds is 0. The molecule has 6 heavy (non-hydrogen) atoms. The summed E-state index contributed by atoms with van der Waals surface area (Å²) in [6.07, 6.45) is 0. The fraction of sp³-hybridized carbons (Fsp3) is 0. The molecular formula is H5FeO3PSi. The molecule has 0 unspecified atom stereocenters. The fourth-order valence-corrected chi connectivity index (χ4v) is 0. The van der Waals surface area contributed by atoms with Crippen molar-refractivity contribution in [2.24, 2.45) is 0 Å². The predicted octanol–water partition coefficient (Wildman–Crippen LogP) is -1.56. The van der Waals surface area contributed by atoms with Gasteiger partial charge in [-0.2, -0.15) is 0 Å². The Morgan fingerprint density at radius 3 is 1.50 bits per heavy atom. The summed E-state index contributed by atoms with van der Waals surface area (Å²) in [4.78, 5) is 15.4. The summed E-state index contributed by atoms with van der Waals surface area (Å²) in [5, 5.41) is 0. The summed E-state index contributed by atoms with van der Waals surface area (Å²) in [6, 6.07) is 0. The molecule has 0 saturated carbocycles. The van der Waals surface area contributed by atoms with Gasteiger partial charge in [0.1, 0.15) is 9.91 Å².